The Morgan fingerprint density at radius 3 is 2.42 bits per heavy atom. The van der Waals surface area contributed by atoms with Gasteiger partial charge in [-0.05, 0) is 64.9 Å². The van der Waals surface area contributed by atoms with E-state index < -0.39 is 6.04 Å². The van der Waals surface area contributed by atoms with Crippen LogP contribution in [0.3, 0.4) is 0 Å². The highest BCUT2D eigenvalue weighted by Crippen LogP contribution is 2.26. The van der Waals surface area contributed by atoms with Crippen molar-refractivity contribution < 1.29 is 14.3 Å². The zero-order valence-corrected chi connectivity index (χ0v) is 21.3. The Morgan fingerprint density at radius 1 is 1.06 bits per heavy atom. The molecule has 1 N–H and O–H groups in total. The summed E-state index contributed by atoms with van der Waals surface area (Å²) in [6.45, 7) is 4.30. The fraction of sp³-hybridized carbons (Fsp3) is 0.481. The predicted octanol–water partition coefficient (Wildman–Crippen LogP) is 5.65. The number of nitrogens with one attached hydrogen (secondary N) is 1. The number of hydrogen-bond acceptors (Lipinski definition) is 3. The van der Waals surface area contributed by atoms with Crippen molar-refractivity contribution in [2.45, 2.75) is 77.4 Å². The number of nitrogens with zero attached hydrogens (tertiary/aromatic N) is 1. The normalized spacial score (nSPS) is 15.0. The summed E-state index contributed by atoms with van der Waals surface area (Å²) >= 11 is 3.54. The number of carbonyl (C=O) groups is 2. The van der Waals surface area contributed by atoms with E-state index in [4.69, 9.17) is 4.74 Å². The monoisotopic (exact) mass is 514 g/mol. The zero-order valence-electron chi connectivity index (χ0n) is 19.7. The van der Waals surface area contributed by atoms with Crippen LogP contribution in [0.15, 0.2) is 53.0 Å². The summed E-state index contributed by atoms with van der Waals surface area (Å²) in [5.41, 5.74) is 2.18. The van der Waals surface area contributed by atoms with Gasteiger partial charge in [0.2, 0.25) is 5.91 Å². The van der Waals surface area contributed by atoms with Crippen molar-refractivity contribution >= 4 is 27.7 Å². The number of hydrogen-bond donors (Lipinski definition) is 1. The molecule has 1 atom stereocenters. The predicted molar refractivity (Wildman–Crippen MR) is 135 cm³/mol. The molecule has 5 nitrogen and oxygen atoms in total. The van der Waals surface area contributed by atoms with Crippen molar-refractivity contribution in [2.75, 3.05) is 6.61 Å². The molecule has 0 aliphatic heterocycles. The molecule has 3 rings (SSSR count). The molecular weight excluding hydrogens is 480 g/mol. The first-order chi connectivity index (χ1) is 16.0. The molecule has 6 heteroatoms. The van der Waals surface area contributed by atoms with Crippen LogP contribution in [-0.2, 0) is 22.6 Å². The summed E-state index contributed by atoms with van der Waals surface area (Å²) in [7, 11) is 0. The van der Waals surface area contributed by atoms with E-state index in [2.05, 4.69) is 28.2 Å². The van der Waals surface area contributed by atoms with Gasteiger partial charge in [0, 0.05) is 12.6 Å². The molecule has 2 aromatic rings. The third-order valence-corrected chi connectivity index (χ3v) is 6.91. The first-order valence-electron chi connectivity index (χ1n) is 12.1. The third-order valence-electron chi connectivity index (χ3n) is 6.29. The lowest BCUT2D eigenvalue weighted by Crippen LogP contribution is -2.52. The summed E-state index contributed by atoms with van der Waals surface area (Å²) in [5, 5.41) is 3.21. The molecule has 0 bridgehead atoms. The average molecular weight is 515 g/mol. The number of rotatable bonds is 10. The van der Waals surface area contributed by atoms with Gasteiger partial charge in [-0.3, -0.25) is 9.59 Å². The fourth-order valence-electron chi connectivity index (χ4n) is 4.35. The summed E-state index contributed by atoms with van der Waals surface area (Å²) in [4.78, 5) is 28.3. The van der Waals surface area contributed by atoms with Crippen LogP contribution in [0, 0.1) is 0 Å². The molecule has 0 heterocycles. The molecule has 2 amide bonds. The molecule has 0 saturated heterocycles. The van der Waals surface area contributed by atoms with Gasteiger partial charge in [-0.15, -0.1) is 0 Å². The molecule has 1 aliphatic rings. The highest BCUT2D eigenvalue weighted by Gasteiger charge is 2.30. The Balaban J connectivity index is 1.74. The molecule has 0 spiro atoms. The van der Waals surface area contributed by atoms with E-state index in [9.17, 15) is 9.59 Å². The van der Waals surface area contributed by atoms with Gasteiger partial charge >= 0.3 is 0 Å². The van der Waals surface area contributed by atoms with E-state index in [0.29, 0.717) is 18.7 Å². The maximum absolute atomic E-state index is 13.4. The largest absolute Gasteiger partial charge is 0.483 e. The highest BCUT2D eigenvalue weighted by atomic mass is 79.9. The van der Waals surface area contributed by atoms with Crippen molar-refractivity contribution in [1.29, 1.82) is 0 Å². The Labute approximate surface area is 206 Å². The van der Waals surface area contributed by atoms with Gasteiger partial charge in [0.15, 0.2) is 6.61 Å². The Hall–Kier alpha value is -2.34. The van der Waals surface area contributed by atoms with E-state index in [1.165, 1.54) is 12.0 Å². The molecule has 1 fully saturated rings. The molecule has 1 saturated carbocycles. The van der Waals surface area contributed by atoms with Crippen LogP contribution < -0.4 is 10.1 Å². The molecule has 0 unspecified atom stereocenters. The van der Waals surface area contributed by atoms with Crippen molar-refractivity contribution in [3.63, 3.8) is 0 Å². The zero-order chi connectivity index (χ0) is 23.6. The SMILES string of the molecule is CCc1ccc(OCC(=O)N(Cc2ccccc2)[C@@H](CC)C(=O)NC2CCCCC2)c(Br)c1. The maximum Gasteiger partial charge on any atom is 0.261 e. The first kappa shape index (κ1) is 25.3. The van der Waals surface area contributed by atoms with E-state index >= 15 is 0 Å². The van der Waals surface area contributed by atoms with Gasteiger partial charge in [-0.2, -0.15) is 0 Å². The van der Waals surface area contributed by atoms with Crippen LogP contribution in [0.2, 0.25) is 0 Å². The average Bonchev–Trinajstić information content (AvgIpc) is 2.84. The number of ether oxygens (including phenoxy) is 1. The van der Waals surface area contributed by atoms with Crippen LogP contribution in [0.1, 0.15) is 63.5 Å². The third kappa shape index (κ3) is 7.32. The quantitative estimate of drug-likeness (QED) is 0.445. The van der Waals surface area contributed by atoms with E-state index in [-0.39, 0.29) is 24.5 Å². The van der Waals surface area contributed by atoms with Gasteiger partial charge in [-0.1, -0.05) is 69.5 Å². The molecule has 178 valence electrons. The molecule has 0 radical (unpaired) electrons. The summed E-state index contributed by atoms with van der Waals surface area (Å²) in [6, 6.07) is 15.4. The molecule has 0 aromatic heterocycles. The second-order valence-corrected chi connectivity index (χ2v) is 9.54. The minimum atomic E-state index is -0.533. The second kappa shape index (κ2) is 12.8. The molecule has 33 heavy (non-hydrogen) atoms. The topological polar surface area (TPSA) is 58.6 Å². The van der Waals surface area contributed by atoms with Crippen LogP contribution >= 0.6 is 15.9 Å². The summed E-state index contributed by atoms with van der Waals surface area (Å²) in [5.74, 6) is 0.359. The van der Waals surface area contributed by atoms with Gasteiger partial charge in [0.1, 0.15) is 11.8 Å². The van der Waals surface area contributed by atoms with E-state index in [1.54, 1.807) is 4.90 Å². The lowest BCUT2D eigenvalue weighted by atomic mass is 9.95. The fourth-order valence-corrected chi connectivity index (χ4v) is 4.89. The minimum absolute atomic E-state index is 0.0674. The lowest BCUT2D eigenvalue weighted by Gasteiger charge is -2.32. The number of carbonyl (C=O) groups excluding carboxylic acids is 2. The second-order valence-electron chi connectivity index (χ2n) is 8.68. The number of aryl methyl sites for hydroxylation is 1. The van der Waals surface area contributed by atoms with Gasteiger partial charge in [0.05, 0.1) is 4.47 Å². The molecular formula is C27H35BrN2O3. The van der Waals surface area contributed by atoms with Crippen molar-refractivity contribution in [1.82, 2.24) is 10.2 Å². The van der Waals surface area contributed by atoms with Crippen LogP contribution in [0.4, 0.5) is 0 Å². The van der Waals surface area contributed by atoms with Gasteiger partial charge < -0.3 is 15.0 Å². The van der Waals surface area contributed by atoms with Crippen molar-refractivity contribution in [2.24, 2.45) is 0 Å². The van der Waals surface area contributed by atoms with Crippen molar-refractivity contribution in [3.8, 4) is 5.75 Å². The van der Waals surface area contributed by atoms with Gasteiger partial charge in [0.25, 0.3) is 5.91 Å². The number of benzene rings is 2. The van der Waals surface area contributed by atoms with Crippen molar-refractivity contribution in [3.05, 3.63) is 64.1 Å². The Kier molecular flexibility index (Phi) is 9.79. The first-order valence-corrected chi connectivity index (χ1v) is 12.9. The standard InChI is InChI=1S/C27H35BrN2O3/c1-3-20-15-16-25(23(28)17-20)33-19-26(31)30(18-21-11-7-5-8-12-21)24(4-2)27(32)29-22-13-9-6-10-14-22/h5,7-8,11-12,15-17,22,24H,3-4,6,9-10,13-14,18-19H2,1-2H3,(H,29,32)/t24-/m0/s1. The Bertz CT molecular complexity index is 913. The minimum Gasteiger partial charge on any atom is -0.483 e. The Morgan fingerprint density at radius 2 is 1.79 bits per heavy atom. The summed E-state index contributed by atoms with van der Waals surface area (Å²) < 4.78 is 6.70. The smallest absolute Gasteiger partial charge is 0.261 e. The lowest BCUT2D eigenvalue weighted by molar-refractivity contribution is -0.143. The molecule has 1 aliphatic carbocycles. The number of amides is 2. The van der Waals surface area contributed by atoms with E-state index in [1.807, 2.05) is 55.5 Å². The highest BCUT2D eigenvalue weighted by molar-refractivity contribution is 9.10. The maximum atomic E-state index is 13.4. The number of halogens is 1. The van der Waals surface area contributed by atoms with Crippen LogP contribution in [0.5, 0.6) is 5.75 Å². The van der Waals surface area contributed by atoms with Crippen LogP contribution in [0.25, 0.3) is 0 Å². The molecule has 2 aromatic carbocycles. The van der Waals surface area contributed by atoms with Crippen LogP contribution in [-0.4, -0.2) is 35.4 Å². The van der Waals surface area contributed by atoms with E-state index in [0.717, 1.165) is 42.1 Å². The van der Waals surface area contributed by atoms with Gasteiger partial charge in [-0.25, -0.2) is 0 Å². The summed E-state index contributed by atoms with van der Waals surface area (Å²) in [6.07, 6.45) is 7.03.